The molecule has 1 N–H and O–H groups in total. The Balaban J connectivity index is 1.45. The minimum absolute atomic E-state index is 0.176. The number of nitrogens with one attached hydrogen (secondary N) is 1. The summed E-state index contributed by atoms with van der Waals surface area (Å²) < 4.78 is 11.5. The molecule has 0 bridgehead atoms. The molecular weight excluding hydrogens is 364 g/mol. The number of furan rings is 1. The Hall–Kier alpha value is -3.60. The fraction of sp³-hybridized carbons (Fsp3) is 0.167. The number of nitrogens with zero attached hydrogens (tertiary/aromatic N) is 1. The van der Waals surface area contributed by atoms with Gasteiger partial charge in [-0.15, -0.1) is 0 Å². The largest absolute Gasteiger partial charge is 0.491 e. The summed E-state index contributed by atoms with van der Waals surface area (Å²) in [5.74, 6) is 0.652. The third-order valence-electron chi connectivity index (χ3n) is 4.82. The van der Waals surface area contributed by atoms with Crippen molar-refractivity contribution >= 4 is 33.9 Å². The number of hydrazone groups is 1. The van der Waals surface area contributed by atoms with Crippen molar-refractivity contribution in [1.29, 1.82) is 0 Å². The fourth-order valence-corrected chi connectivity index (χ4v) is 3.07. The van der Waals surface area contributed by atoms with E-state index in [2.05, 4.69) is 17.5 Å². The molecule has 0 saturated carbocycles. The maximum Gasteiger partial charge on any atom is 0.307 e. The van der Waals surface area contributed by atoms with Gasteiger partial charge in [0.2, 0.25) is 0 Å². The van der Waals surface area contributed by atoms with Gasteiger partial charge < -0.3 is 9.15 Å². The van der Waals surface area contributed by atoms with Crippen LogP contribution >= 0.6 is 0 Å². The van der Waals surface area contributed by atoms with Crippen molar-refractivity contribution in [1.82, 2.24) is 5.43 Å². The maximum absolute atomic E-state index is 12.4. The average Bonchev–Trinajstić information content (AvgIpc) is 3.20. The molecule has 5 nitrogen and oxygen atoms in total. The maximum atomic E-state index is 12.4. The number of amides is 1. The Morgan fingerprint density at radius 1 is 1.10 bits per heavy atom. The number of ether oxygens (including phenoxy) is 1. The minimum atomic E-state index is -0.391. The monoisotopic (exact) mass is 386 g/mol. The molecule has 4 rings (SSSR count). The van der Waals surface area contributed by atoms with Crippen LogP contribution in [0.15, 0.2) is 76.2 Å². The number of hydrogen-bond donors (Lipinski definition) is 1. The van der Waals surface area contributed by atoms with Gasteiger partial charge in [-0.05, 0) is 66.1 Å². The lowest BCUT2D eigenvalue weighted by atomic mass is 10.1. The van der Waals surface area contributed by atoms with Gasteiger partial charge in [-0.2, -0.15) is 5.10 Å². The van der Waals surface area contributed by atoms with Crippen molar-refractivity contribution in [3.05, 3.63) is 78.1 Å². The lowest BCUT2D eigenvalue weighted by Crippen LogP contribution is -2.16. The van der Waals surface area contributed by atoms with E-state index >= 15 is 0 Å². The van der Waals surface area contributed by atoms with Crippen molar-refractivity contribution in [2.24, 2.45) is 5.10 Å². The summed E-state index contributed by atoms with van der Waals surface area (Å²) in [6, 6.07) is 21.2. The van der Waals surface area contributed by atoms with Gasteiger partial charge in [0.15, 0.2) is 5.76 Å². The van der Waals surface area contributed by atoms with E-state index < -0.39 is 5.91 Å². The Morgan fingerprint density at radius 3 is 2.69 bits per heavy atom. The molecule has 0 aliphatic heterocycles. The zero-order chi connectivity index (χ0) is 20.2. The number of benzene rings is 3. The highest BCUT2D eigenvalue weighted by Crippen LogP contribution is 2.28. The lowest BCUT2D eigenvalue weighted by Gasteiger charge is -2.12. The second kappa shape index (κ2) is 8.19. The molecule has 0 spiro atoms. The zero-order valence-corrected chi connectivity index (χ0v) is 16.4. The topological polar surface area (TPSA) is 63.8 Å². The molecule has 5 heteroatoms. The van der Waals surface area contributed by atoms with Crippen molar-refractivity contribution in [2.45, 2.75) is 26.4 Å². The van der Waals surface area contributed by atoms with E-state index in [1.165, 1.54) is 0 Å². The van der Waals surface area contributed by atoms with Gasteiger partial charge in [0.05, 0.1) is 12.3 Å². The Morgan fingerprint density at radius 2 is 1.90 bits per heavy atom. The van der Waals surface area contributed by atoms with Crippen LogP contribution < -0.4 is 10.2 Å². The number of carbonyl (C=O) groups excluding carboxylic acids is 1. The Labute approximate surface area is 169 Å². The van der Waals surface area contributed by atoms with Crippen LogP contribution in [0.3, 0.4) is 0 Å². The summed E-state index contributed by atoms with van der Waals surface area (Å²) in [6.45, 7) is 4.12. The highest BCUT2D eigenvalue weighted by Gasteiger charge is 2.13. The molecule has 29 heavy (non-hydrogen) atoms. The van der Waals surface area contributed by atoms with Gasteiger partial charge in [0.25, 0.3) is 0 Å². The molecule has 0 saturated heterocycles. The summed E-state index contributed by atoms with van der Waals surface area (Å²) in [5, 5.41) is 7.10. The van der Waals surface area contributed by atoms with Crippen molar-refractivity contribution in [2.75, 3.05) is 0 Å². The second-order valence-electron chi connectivity index (χ2n) is 6.91. The molecule has 3 aromatic carbocycles. The molecule has 0 aliphatic carbocycles. The van der Waals surface area contributed by atoms with Crippen LogP contribution in [0.1, 0.15) is 36.4 Å². The zero-order valence-electron chi connectivity index (χ0n) is 16.4. The number of carbonyl (C=O) groups is 1. The van der Waals surface area contributed by atoms with Gasteiger partial charge in [-0.3, -0.25) is 4.79 Å². The van der Waals surface area contributed by atoms with Crippen LogP contribution in [0.5, 0.6) is 5.75 Å². The van der Waals surface area contributed by atoms with E-state index in [-0.39, 0.29) is 11.9 Å². The molecule has 1 amide bonds. The normalized spacial score (nSPS) is 12.5. The molecule has 0 aliphatic rings. The summed E-state index contributed by atoms with van der Waals surface area (Å²) in [6.07, 6.45) is 2.71. The molecule has 1 aromatic heterocycles. The third-order valence-corrected chi connectivity index (χ3v) is 4.82. The third kappa shape index (κ3) is 4.14. The van der Waals surface area contributed by atoms with E-state index in [4.69, 9.17) is 9.15 Å². The second-order valence-corrected chi connectivity index (χ2v) is 6.91. The number of hydrogen-bond acceptors (Lipinski definition) is 4. The van der Waals surface area contributed by atoms with Crippen LogP contribution in [0.4, 0.5) is 0 Å². The molecule has 4 aromatic rings. The molecule has 1 unspecified atom stereocenters. The summed E-state index contributed by atoms with van der Waals surface area (Å²) in [5.41, 5.74) is 4.05. The summed E-state index contributed by atoms with van der Waals surface area (Å²) >= 11 is 0. The molecule has 146 valence electrons. The first-order valence-electron chi connectivity index (χ1n) is 9.65. The van der Waals surface area contributed by atoms with Crippen molar-refractivity contribution < 1.29 is 13.9 Å². The molecule has 0 radical (unpaired) electrons. The van der Waals surface area contributed by atoms with Crippen LogP contribution in [0.2, 0.25) is 0 Å². The predicted molar refractivity (Wildman–Crippen MR) is 116 cm³/mol. The summed E-state index contributed by atoms with van der Waals surface area (Å²) in [4.78, 5) is 12.4. The van der Waals surface area contributed by atoms with Gasteiger partial charge in [-0.1, -0.05) is 37.3 Å². The van der Waals surface area contributed by atoms with Crippen LogP contribution in [0, 0.1) is 0 Å². The van der Waals surface area contributed by atoms with Gasteiger partial charge in [0.1, 0.15) is 11.3 Å². The van der Waals surface area contributed by atoms with E-state index in [0.29, 0.717) is 5.58 Å². The van der Waals surface area contributed by atoms with Crippen LogP contribution in [-0.4, -0.2) is 18.2 Å². The van der Waals surface area contributed by atoms with E-state index in [0.717, 1.165) is 33.9 Å². The summed E-state index contributed by atoms with van der Waals surface area (Å²) in [7, 11) is 0. The lowest BCUT2D eigenvalue weighted by molar-refractivity contribution is 0.0929. The van der Waals surface area contributed by atoms with Gasteiger partial charge in [0, 0.05) is 5.39 Å². The van der Waals surface area contributed by atoms with E-state index in [1.54, 1.807) is 12.3 Å². The van der Waals surface area contributed by atoms with E-state index in [1.807, 2.05) is 67.6 Å². The fourth-order valence-electron chi connectivity index (χ4n) is 3.07. The average molecular weight is 386 g/mol. The van der Waals surface area contributed by atoms with Gasteiger partial charge in [-0.25, -0.2) is 5.43 Å². The predicted octanol–water partition coefficient (Wildman–Crippen LogP) is 5.53. The molecule has 1 atom stereocenters. The molecule has 1 heterocycles. The highest BCUT2D eigenvalue weighted by atomic mass is 16.5. The molecular formula is C24H22N2O3. The Kier molecular flexibility index (Phi) is 5.29. The first-order valence-corrected chi connectivity index (χ1v) is 9.65. The number of fused-ring (bicyclic) bond motifs is 3. The Bertz CT molecular complexity index is 1180. The van der Waals surface area contributed by atoms with Gasteiger partial charge >= 0.3 is 5.91 Å². The van der Waals surface area contributed by atoms with Crippen LogP contribution in [0.25, 0.3) is 21.7 Å². The standard InChI is InChI=1S/C24H22N2O3/c1-3-16(2)28-19-11-8-17(9-12-19)15-25-26-24(27)23-14-21-20-7-5-4-6-18(20)10-13-22(21)29-23/h4-16H,3H2,1-2H3,(H,26,27)/b25-15+. The van der Waals surface area contributed by atoms with Crippen LogP contribution in [-0.2, 0) is 0 Å². The number of rotatable bonds is 6. The van der Waals surface area contributed by atoms with E-state index in [9.17, 15) is 4.79 Å². The van der Waals surface area contributed by atoms with Crippen molar-refractivity contribution in [3.63, 3.8) is 0 Å². The smallest absolute Gasteiger partial charge is 0.307 e. The molecule has 0 fully saturated rings. The first kappa shape index (κ1) is 18.7. The SMILES string of the molecule is CCC(C)Oc1ccc(/C=N/NC(=O)c2cc3c(ccc4ccccc43)o2)cc1. The quantitative estimate of drug-likeness (QED) is 0.350. The minimum Gasteiger partial charge on any atom is -0.491 e. The highest BCUT2D eigenvalue weighted by molar-refractivity contribution is 6.08. The van der Waals surface area contributed by atoms with Crippen molar-refractivity contribution in [3.8, 4) is 5.75 Å². The first-order chi connectivity index (χ1) is 14.1.